The second kappa shape index (κ2) is 8.90. The number of thiazole rings is 1. The van der Waals surface area contributed by atoms with E-state index in [0.717, 1.165) is 32.5 Å². The fraction of sp³-hybridized carbons (Fsp3) is 0.167. The monoisotopic (exact) mass is 435 g/mol. The Morgan fingerprint density at radius 3 is 2.63 bits per heavy atom. The van der Waals surface area contributed by atoms with Crippen molar-refractivity contribution in [3.8, 4) is 16.3 Å². The highest BCUT2D eigenvalue weighted by Crippen LogP contribution is 2.34. The zero-order valence-electron chi connectivity index (χ0n) is 16.7. The van der Waals surface area contributed by atoms with Crippen molar-refractivity contribution in [2.75, 3.05) is 6.61 Å². The minimum Gasteiger partial charge on any atom is -0.482 e. The summed E-state index contributed by atoms with van der Waals surface area (Å²) >= 11 is 3.48. The zero-order valence-corrected chi connectivity index (χ0v) is 18.3. The van der Waals surface area contributed by atoms with Gasteiger partial charge in [0.15, 0.2) is 6.61 Å². The van der Waals surface area contributed by atoms with E-state index in [1.54, 1.807) is 23.1 Å². The van der Waals surface area contributed by atoms with Crippen LogP contribution in [0.4, 0.5) is 0 Å². The van der Waals surface area contributed by atoms with Gasteiger partial charge >= 0.3 is 5.97 Å². The Labute approximate surface area is 183 Å². The van der Waals surface area contributed by atoms with Gasteiger partial charge in [0.05, 0.1) is 5.69 Å². The fourth-order valence-electron chi connectivity index (χ4n) is 3.17. The Morgan fingerprint density at radius 1 is 1.07 bits per heavy atom. The van der Waals surface area contributed by atoms with Gasteiger partial charge in [-0.15, -0.1) is 23.1 Å². The Kier molecular flexibility index (Phi) is 6.06. The van der Waals surface area contributed by atoms with Crippen LogP contribution in [-0.2, 0) is 10.5 Å². The molecule has 4 rings (SSSR count). The third-order valence-electron chi connectivity index (χ3n) is 4.76. The first-order chi connectivity index (χ1) is 14.5. The van der Waals surface area contributed by atoms with Crippen LogP contribution in [0, 0.1) is 13.8 Å². The van der Waals surface area contributed by atoms with E-state index >= 15 is 0 Å². The van der Waals surface area contributed by atoms with E-state index in [-0.39, 0.29) is 6.61 Å². The molecule has 0 aliphatic heterocycles. The molecule has 3 aromatic carbocycles. The van der Waals surface area contributed by atoms with Crippen LogP contribution in [0.15, 0.2) is 65.6 Å². The topological polar surface area (TPSA) is 59.4 Å². The summed E-state index contributed by atoms with van der Waals surface area (Å²) in [5, 5.41) is 12.3. The molecule has 0 unspecified atom stereocenters. The molecule has 0 spiro atoms. The summed E-state index contributed by atoms with van der Waals surface area (Å²) in [6.07, 6.45) is 0. The van der Waals surface area contributed by atoms with Crippen LogP contribution in [0.1, 0.15) is 16.1 Å². The number of fused-ring (bicyclic) bond motifs is 1. The Bertz CT molecular complexity index is 1220. The lowest BCUT2D eigenvalue weighted by Crippen LogP contribution is -2.09. The Hall–Kier alpha value is -2.83. The number of hydrogen-bond acceptors (Lipinski definition) is 5. The predicted octanol–water partition coefficient (Wildman–Crippen LogP) is 6.34. The second-order valence-corrected chi connectivity index (χ2v) is 9.12. The SMILES string of the molecule is Cc1cc(SCc2sc(-c3ccc4ccccc4c3)nc2C)ccc1OCC(=O)O. The number of rotatable bonds is 7. The molecular weight excluding hydrogens is 414 g/mol. The molecule has 1 aromatic heterocycles. The van der Waals surface area contributed by atoms with E-state index in [1.165, 1.54) is 15.6 Å². The molecular formula is C24H21NO3S2. The number of nitrogens with zero attached hydrogens (tertiary/aromatic N) is 1. The zero-order chi connectivity index (χ0) is 21.1. The average molecular weight is 436 g/mol. The molecule has 30 heavy (non-hydrogen) atoms. The van der Waals surface area contributed by atoms with Crippen molar-refractivity contribution in [3.05, 3.63) is 76.8 Å². The van der Waals surface area contributed by atoms with Gasteiger partial charge in [0.25, 0.3) is 0 Å². The number of carboxylic acids is 1. The van der Waals surface area contributed by atoms with Gasteiger partial charge in [-0.1, -0.05) is 36.4 Å². The van der Waals surface area contributed by atoms with Crippen molar-refractivity contribution in [2.24, 2.45) is 0 Å². The van der Waals surface area contributed by atoms with Crippen molar-refractivity contribution < 1.29 is 14.6 Å². The number of thioether (sulfide) groups is 1. The average Bonchev–Trinajstić information content (AvgIpc) is 3.11. The highest BCUT2D eigenvalue weighted by Gasteiger charge is 2.11. The van der Waals surface area contributed by atoms with Gasteiger partial charge in [-0.05, 0) is 54.4 Å². The molecule has 0 saturated heterocycles. The van der Waals surface area contributed by atoms with Crippen LogP contribution in [-0.4, -0.2) is 22.7 Å². The van der Waals surface area contributed by atoms with E-state index in [9.17, 15) is 4.79 Å². The smallest absolute Gasteiger partial charge is 0.341 e. The van der Waals surface area contributed by atoms with Crippen molar-refractivity contribution in [1.82, 2.24) is 4.98 Å². The molecule has 0 bridgehead atoms. The molecule has 0 fully saturated rings. The summed E-state index contributed by atoms with van der Waals surface area (Å²) in [6.45, 7) is 3.66. The van der Waals surface area contributed by atoms with Crippen molar-refractivity contribution in [1.29, 1.82) is 0 Å². The van der Waals surface area contributed by atoms with Gasteiger partial charge < -0.3 is 9.84 Å². The van der Waals surface area contributed by atoms with Crippen LogP contribution in [0.25, 0.3) is 21.3 Å². The lowest BCUT2D eigenvalue weighted by atomic mass is 10.1. The van der Waals surface area contributed by atoms with Gasteiger partial charge in [-0.2, -0.15) is 0 Å². The highest BCUT2D eigenvalue weighted by atomic mass is 32.2. The first-order valence-corrected chi connectivity index (χ1v) is 11.3. The molecule has 1 heterocycles. The minimum atomic E-state index is -0.976. The third-order valence-corrected chi connectivity index (χ3v) is 7.17. The predicted molar refractivity (Wildman–Crippen MR) is 124 cm³/mol. The summed E-state index contributed by atoms with van der Waals surface area (Å²) in [7, 11) is 0. The number of benzene rings is 3. The molecule has 0 amide bonds. The minimum absolute atomic E-state index is 0.328. The Balaban J connectivity index is 1.47. The van der Waals surface area contributed by atoms with Gasteiger partial charge in [-0.3, -0.25) is 0 Å². The lowest BCUT2D eigenvalue weighted by molar-refractivity contribution is -0.139. The number of aryl methyl sites for hydroxylation is 2. The maximum Gasteiger partial charge on any atom is 0.341 e. The van der Waals surface area contributed by atoms with E-state index < -0.39 is 5.97 Å². The van der Waals surface area contributed by atoms with E-state index in [4.69, 9.17) is 14.8 Å². The maximum atomic E-state index is 10.7. The molecule has 4 aromatic rings. The molecule has 0 saturated carbocycles. The van der Waals surface area contributed by atoms with Gasteiger partial charge in [0.1, 0.15) is 10.8 Å². The number of hydrogen-bond donors (Lipinski definition) is 1. The lowest BCUT2D eigenvalue weighted by Gasteiger charge is -2.08. The van der Waals surface area contributed by atoms with E-state index in [1.807, 2.05) is 25.1 Å². The molecule has 0 aliphatic carbocycles. The molecule has 0 radical (unpaired) electrons. The van der Waals surface area contributed by atoms with Crippen LogP contribution in [0.2, 0.25) is 0 Å². The molecule has 1 N–H and O–H groups in total. The van der Waals surface area contributed by atoms with Crippen LogP contribution in [0.5, 0.6) is 5.75 Å². The van der Waals surface area contributed by atoms with Gasteiger partial charge in [0, 0.05) is 21.1 Å². The number of carboxylic acid groups (broad SMARTS) is 1. The van der Waals surface area contributed by atoms with Gasteiger partial charge in [-0.25, -0.2) is 9.78 Å². The number of carbonyl (C=O) groups is 1. The number of ether oxygens (including phenoxy) is 1. The van der Waals surface area contributed by atoms with Crippen molar-refractivity contribution in [3.63, 3.8) is 0 Å². The third kappa shape index (κ3) is 4.66. The standard InChI is InChI=1S/C24H21NO3S2/c1-15-11-20(9-10-21(15)28-13-23(26)27)29-14-22-16(2)25-24(30-22)19-8-7-17-5-3-4-6-18(17)12-19/h3-12H,13-14H2,1-2H3,(H,26,27). The normalized spacial score (nSPS) is 11.0. The van der Waals surface area contributed by atoms with Crippen molar-refractivity contribution >= 4 is 39.8 Å². The summed E-state index contributed by atoms with van der Waals surface area (Å²) in [5.74, 6) is 0.469. The first-order valence-electron chi connectivity index (χ1n) is 9.53. The number of aliphatic carboxylic acids is 1. The van der Waals surface area contributed by atoms with E-state index in [0.29, 0.717) is 5.75 Å². The summed E-state index contributed by atoms with van der Waals surface area (Å²) in [4.78, 5) is 17.9. The molecule has 0 aliphatic rings. The molecule has 6 heteroatoms. The second-order valence-electron chi connectivity index (χ2n) is 6.99. The number of aromatic nitrogens is 1. The highest BCUT2D eigenvalue weighted by molar-refractivity contribution is 7.98. The van der Waals surface area contributed by atoms with Crippen LogP contribution < -0.4 is 4.74 Å². The quantitative estimate of drug-likeness (QED) is 0.343. The first kappa shape index (κ1) is 20.4. The maximum absolute atomic E-state index is 10.7. The largest absolute Gasteiger partial charge is 0.482 e. The van der Waals surface area contributed by atoms with Crippen molar-refractivity contribution in [2.45, 2.75) is 24.5 Å². The van der Waals surface area contributed by atoms with E-state index in [2.05, 4.69) is 49.4 Å². The fourth-order valence-corrected chi connectivity index (χ4v) is 5.37. The van der Waals surface area contributed by atoms with Gasteiger partial charge in [0.2, 0.25) is 0 Å². The Morgan fingerprint density at radius 2 is 1.87 bits per heavy atom. The summed E-state index contributed by atoms with van der Waals surface area (Å²) < 4.78 is 5.30. The molecule has 152 valence electrons. The molecule has 0 atom stereocenters. The molecule has 4 nitrogen and oxygen atoms in total. The summed E-state index contributed by atoms with van der Waals surface area (Å²) in [6, 6.07) is 20.7. The summed E-state index contributed by atoms with van der Waals surface area (Å²) in [5.41, 5.74) is 3.14. The van der Waals surface area contributed by atoms with Crippen LogP contribution in [0.3, 0.4) is 0 Å². The van der Waals surface area contributed by atoms with Crippen LogP contribution >= 0.6 is 23.1 Å².